The van der Waals surface area contributed by atoms with Crippen LogP contribution in [0.1, 0.15) is 22.3 Å². The van der Waals surface area contributed by atoms with Gasteiger partial charge in [0.15, 0.2) is 0 Å². The van der Waals surface area contributed by atoms with E-state index in [1.807, 2.05) is 0 Å². The molecule has 1 aliphatic heterocycles. The summed E-state index contributed by atoms with van der Waals surface area (Å²) < 4.78 is 13.1. The molecule has 1 heterocycles. The fraction of sp³-hybridized carbons (Fsp3) is 0.462. The van der Waals surface area contributed by atoms with E-state index in [2.05, 4.69) is 10.6 Å². The van der Waals surface area contributed by atoms with Crippen molar-refractivity contribution >= 4 is 5.91 Å². The van der Waals surface area contributed by atoms with Gasteiger partial charge in [0, 0.05) is 18.7 Å². The van der Waals surface area contributed by atoms with Crippen LogP contribution in [0.15, 0.2) is 18.2 Å². The van der Waals surface area contributed by atoms with Crippen molar-refractivity contribution in [3.8, 4) is 0 Å². The zero-order valence-corrected chi connectivity index (χ0v) is 10.3. The lowest BCUT2D eigenvalue weighted by Gasteiger charge is -2.21. The maximum Gasteiger partial charge on any atom is 0.251 e. The number of amides is 1. The predicted octanol–water partition coefficient (Wildman–Crippen LogP) is 0.588. The highest BCUT2D eigenvalue weighted by molar-refractivity contribution is 5.94. The molecule has 98 valence electrons. The van der Waals surface area contributed by atoms with E-state index in [4.69, 9.17) is 0 Å². The van der Waals surface area contributed by atoms with Gasteiger partial charge in [-0.1, -0.05) is 0 Å². The molecule has 1 unspecified atom stereocenters. The first-order chi connectivity index (χ1) is 8.50. The van der Waals surface area contributed by atoms with Gasteiger partial charge in [0.05, 0.1) is 5.60 Å². The van der Waals surface area contributed by atoms with Gasteiger partial charge in [-0.2, -0.15) is 0 Å². The fourth-order valence-electron chi connectivity index (χ4n) is 2.01. The Balaban J connectivity index is 1.97. The number of aliphatic hydroxyl groups is 1. The molecule has 0 saturated carbocycles. The summed E-state index contributed by atoms with van der Waals surface area (Å²) in [7, 11) is 0. The molecule has 1 saturated heterocycles. The quantitative estimate of drug-likeness (QED) is 0.738. The number of β-amino-alcohol motifs (C(OH)–C–C–N with tert-alkyl or cyclic N) is 1. The number of aryl methyl sites for hydroxylation is 1. The van der Waals surface area contributed by atoms with Gasteiger partial charge in [0.25, 0.3) is 5.91 Å². The minimum Gasteiger partial charge on any atom is -0.387 e. The molecule has 0 radical (unpaired) electrons. The third-order valence-electron chi connectivity index (χ3n) is 3.22. The summed E-state index contributed by atoms with van der Waals surface area (Å²) in [5, 5.41) is 15.8. The van der Waals surface area contributed by atoms with Crippen LogP contribution in [0.2, 0.25) is 0 Å². The van der Waals surface area contributed by atoms with Gasteiger partial charge < -0.3 is 15.7 Å². The van der Waals surface area contributed by atoms with Crippen LogP contribution < -0.4 is 10.6 Å². The Morgan fingerprint density at radius 1 is 1.61 bits per heavy atom. The monoisotopic (exact) mass is 252 g/mol. The largest absolute Gasteiger partial charge is 0.387 e. The molecule has 0 spiro atoms. The summed E-state index contributed by atoms with van der Waals surface area (Å²) in [5.41, 5.74) is -0.0302. The SMILES string of the molecule is Cc1cc(C(=O)NCC2(O)CCNC2)ccc1F. The lowest BCUT2D eigenvalue weighted by atomic mass is 10.0. The van der Waals surface area contributed by atoms with Gasteiger partial charge in [-0.15, -0.1) is 0 Å². The maximum atomic E-state index is 13.1. The highest BCUT2D eigenvalue weighted by Gasteiger charge is 2.31. The average molecular weight is 252 g/mol. The Bertz CT molecular complexity index is 456. The first-order valence-electron chi connectivity index (χ1n) is 5.98. The standard InChI is InChI=1S/C13H17FN2O2/c1-9-6-10(2-3-11(9)14)12(17)16-8-13(18)4-5-15-7-13/h2-3,6,15,18H,4-5,7-8H2,1H3,(H,16,17). The van der Waals surface area contributed by atoms with Gasteiger partial charge in [-0.25, -0.2) is 4.39 Å². The molecule has 1 atom stereocenters. The number of benzene rings is 1. The number of nitrogens with one attached hydrogen (secondary N) is 2. The highest BCUT2D eigenvalue weighted by Crippen LogP contribution is 2.13. The molecular weight excluding hydrogens is 235 g/mol. The van der Waals surface area contributed by atoms with Crippen molar-refractivity contribution in [2.45, 2.75) is 18.9 Å². The summed E-state index contributed by atoms with van der Waals surface area (Å²) in [6, 6.07) is 4.21. The summed E-state index contributed by atoms with van der Waals surface area (Å²) in [4.78, 5) is 11.8. The normalized spacial score (nSPS) is 23.1. The number of hydrogen-bond acceptors (Lipinski definition) is 3. The van der Waals surface area contributed by atoms with Gasteiger partial charge in [-0.3, -0.25) is 4.79 Å². The smallest absolute Gasteiger partial charge is 0.251 e. The second-order valence-electron chi connectivity index (χ2n) is 4.80. The van der Waals surface area contributed by atoms with Crippen molar-refractivity contribution < 1.29 is 14.3 Å². The second kappa shape index (κ2) is 5.04. The van der Waals surface area contributed by atoms with Gasteiger partial charge >= 0.3 is 0 Å². The summed E-state index contributed by atoms with van der Waals surface area (Å²) >= 11 is 0. The maximum absolute atomic E-state index is 13.1. The first-order valence-corrected chi connectivity index (χ1v) is 5.98. The molecule has 1 fully saturated rings. The average Bonchev–Trinajstić information content (AvgIpc) is 2.77. The van der Waals surface area contributed by atoms with Crippen molar-refractivity contribution in [3.63, 3.8) is 0 Å². The van der Waals surface area contributed by atoms with E-state index in [1.165, 1.54) is 18.2 Å². The van der Waals surface area contributed by atoms with E-state index in [9.17, 15) is 14.3 Å². The summed E-state index contributed by atoms with van der Waals surface area (Å²) in [5.74, 6) is -0.622. The lowest BCUT2D eigenvalue weighted by molar-refractivity contribution is 0.0562. The van der Waals surface area contributed by atoms with Crippen molar-refractivity contribution in [1.82, 2.24) is 10.6 Å². The molecule has 0 aliphatic carbocycles. The van der Waals surface area contributed by atoms with Crippen LogP contribution in [-0.2, 0) is 0 Å². The molecule has 0 aromatic heterocycles. The molecule has 1 aliphatic rings. The molecule has 1 aromatic rings. The van der Waals surface area contributed by atoms with Crippen LogP contribution >= 0.6 is 0 Å². The number of hydrogen-bond donors (Lipinski definition) is 3. The molecule has 4 nitrogen and oxygen atoms in total. The van der Waals surface area contributed by atoms with Crippen LogP contribution in [0, 0.1) is 12.7 Å². The number of rotatable bonds is 3. The van der Waals surface area contributed by atoms with E-state index in [0.29, 0.717) is 24.1 Å². The highest BCUT2D eigenvalue weighted by atomic mass is 19.1. The Morgan fingerprint density at radius 2 is 2.39 bits per heavy atom. The molecule has 2 rings (SSSR count). The van der Waals surface area contributed by atoms with Gasteiger partial charge in [-0.05, 0) is 43.7 Å². The van der Waals surface area contributed by atoms with Crippen molar-refractivity contribution in [1.29, 1.82) is 0 Å². The molecule has 5 heteroatoms. The number of carbonyl (C=O) groups excluding carboxylic acids is 1. The third-order valence-corrected chi connectivity index (χ3v) is 3.22. The molecular formula is C13H17FN2O2. The predicted molar refractivity (Wildman–Crippen MR) is 65.9 cm³/mol. The van der Waals surface area contributed by atoms with E-state index in [1.54, 1.807) is 6.92 Å². The second-order valence-corrected chi connectivity index (χ2v) is 4.80. The van der Waals surface area contributed by atoms with Crippen LogP contribution in [0.25, 0.3) is 0 Å². The van der Waals surface area contributed by atoms with Crippen molar-refractivity contribution in [2.24, 2.45) is 0 Å². The van der Waals surface area contributed by atoms with E-state index < -0.39 is 5.60 Å². The van der Waals surface area contributed by atoms with Gasteiger partial charge in [0.2, 0.25) is 0 Å². The third kappa shape index (κ3) is 2.86. The van der Waals surface area contributed by atoms with Crippen molar-refractivity contribution in [3.05, 3.63) is 35.1 Å². The number of carbonyl (C=O) groups is 1. The minimum atomic E-state index is -0.870. The van der Waals surface area contributed by atoms with Crippen LogP contribution in [-0.4, -0.2) is 36.2 Å². The zero-order chi connectivity index (χ0) is 13.2. The Hall–Kier alpha value is -1.46. The topological polar surface area (TPSA) is 61.4 Å². The van der Waals surface area contributed by atoms with Crippen molar-refractivity contribution in [2.75, 3.05) is 19.6 Å². The number of halogens is 1. The summed E-state index contributed by atoms with van der Waals surface area (Å²) in [6.07, 6.45) is 0.621. The Labute approximate surface area is 105 Å². The van der Waals surface area contributed by atoms with Crippen LogP contribution in [0.5, 0.6) is 0 Å². The van der Waals surface area contributed by atoms with E-state index in [-0.39, 0.29) is 18.3 Å². The molecule has 0 bridgehead atoms. The first kappa shape index (κ1) is 13.0. The van der Waals surface area contributed by atoms with Crippen LogP contribution in [0.3, 0.4) is 0 Å². The lowest BCUT2D eigenvalue weighted by Crippen LogP contribution is -2.44. The molecule has 3 N–H and O–H groups in total. The fourth-order valence-corrected chi connectivity index (χ4v) is 2.01. The molecule has 1 amide bonds. The summed E-state index contributed by atoms with van der Waals surface area (Å²) in [6.45, 7) is 3.05. The Morgan fingerprint density at radius 3 is 3.00 bits per heavy atom. The molecule has 18 heavy (non-hydrogen) atoms. The Kier molecular flexibility index (Phi) is 3.63. The van der Waals surface area contributed by atoms with E-state index >= 15 is 0 Å². The minimum absolute atomic E-state index is 0.204. The van der Waals surface area contributed by atoms with Gasteiger partial charge in [0.1, 0.15) is 5.82 Å². The van der Waals surface area contributed by atoms with E-state index in [0.717, 1.165) is 6.54 Å². The zero-order valence-electron chi connectivity index (χ0n) is 10.3. The van der Waals surface area contributed by atoms with Crippen LogP contribution in [0.4, 0.5) is 4.39 Å². The molecule has 1 aromatic carbocycles.